The first kappa shape index (κ1) is 12.5. The van der Waals surface area contributed by atoms with Crippen molar-refractivity contribution in [2.75, 3.05) is 26.2 Å². The van der Waals surface area contributed by atoms with E-state index in [1.807, 2.05) is 0 Å². The summed E-state index contributed by atoms with van der Waals surface area (Å²) in [5.41, 5.74) is 0. The molecule has 0 aliphatic carbocycles. The molecule has 0 aromatic carbocycles. The van der Waals surface area contributed by atoms with Crippen LogP contribution in [0, 0.1) is 0 Å². The Kier molecular flexibility index (Phi) is 7.21. The fourth-order valence-electron chi connectivity index (χ4n) is 1.90. The normalized spacial score (nSPS) is 21.2. The van der Waals surface area contributed by atoms with Gasteiger partial charge in [0.2, 0.25) is 0 Å². The Morgan fingerprint density at radius 2 is 2.07 bits per heavy atom. The second kappa shape index (κ2) is 8.68. The van der Waals surface area contributed by atoms with Crippen LogP contribution in [0.4, 0.5) is 0 Å². The summed E-state index contributed by atoms with van der Waals surface area (Å²) in [6.07, 6.45) is 5.91. The Morgan fingerprint density at radius 1 is 1.20 bits per heavy atom. The summed E-state index contributed by atoms with van der Waals surface area (Å²) >= 11 is 0. The zero-order chi connectivity index (χ0) is 10.8. The minimum absolute atomic E-state index is 0.525. The van der Waals surface area contributed by atoms with E-state index in [2.05, 4.69) is 15.4 Å². The minimum atomic E-state index is 0.525. The second-order valence-electron chi connectivity index (χ2n) is 4.03. The summed E-state index contributed by atoms with van der Waals surface area (Å²) in [5, 5.41) is 6.88. The molecule has 2 N–H and O–H groups in total. The Bertz CT molecular complexity index is 159. The maximum atomic E-state index is 9.86. The molecule has 0 radical (unpaired) electrons. The fourth-order valence-corrected chi connectivity index (χ4v) is 1.90. The monoisotopic (exact) mass is 214 g/mol. The van der Waals surface area contributed by atoms with Gasteiger partial charge in [-0.05, 0) is 12.8 Å². The maximum absolute atomic E-state index is 9.86. The minimum Gasteiger partial charge on any atom is -0.468 e. The summed E-state index contributed by atoms with van der Waals surface area (Å²) in [6.45, 7) is 4.40. The van der Waals surface area contributed by atoms with E-state index in [1.165, 1.54) is 19.3 Å². The Balaban J connectivity index is 1.81. The van der Waals surface area contributed by atoms with Gasteiger partial charge in [-0.1, -0.05) is 19.3 Å². The Labute approximate surface area is 91.8 Å². The molecule has 0 bridgehead atoms. The molecule has 1 saturated heterocycles. The van der Waals surface area contributed by atoms with E-state index in [1.54, 1.807) is 0 Å². The van der Waals surface area contributed by atoms with Crippen LogP contribution in [0.2, 0.25) is 0 Å². The summed E-state index contributed by atoms with van der Waals surface area (Å²) in [6, 6.07) is 0.657. The van der Waals surface area contributed by atoms with Crippen LogP contribution < -0.4 is 10.6 Å². The first-order valence-electron chi connectivity index (χ1n) is 5.93. The van der Waals surface area contributed by atoms with E-state index >= 15 is 0 Å². The first-order chi connectivity index (χ1) is 7.43. The Hall–Kier alpha value is -0.610. The van der Waals surface area contributed by atoms with Gasteiger partial charge >= 0.3 is 0 Å². The molecule has 15 heavy (non-hydrogen) atoms. The molecular weight excluding hydrogens is 192 g/mol. The van der Waals surface area contributed by atoms with E-state index in [0.29, 0.717) is 19.1 Å². The van der Waals surface area contributed by atoms with Crippen LogP contribution in [0.15, 0.2) is 0 Å². The number of nitrogens with one attached hydrogen (secondary N) is 2. The van der Waals surface area contributed by atoms with Gasteiger partial charge in [0, 0.05) is 25.7 Å². The topological polar surface area (TPSA) is 50.4 Å². The average molecular weight is 214 g/mol. The lowest BCUT2D eigenvalue weighted by molar-refractivity contribution is -0.128. The highest BCUT2D eigenvalue weighted by Gasteiger charge is 2.10. The third-order valence-electron chi connectivity index (χ3n) is 2.76. The van der Waals surface area contributed by atoms with Crippen LogP contribution in [-0.4, -0.2) is 38.8 Å². The van der Waals surface area contributed by atoms with E-state index in [4.69, 9.17) is 0 Å². The highest BCUT2D eigenvalue weighted by Crippen LogP contribution is 2.06. The van der Waals surface area contributed by atoms with Crippen molar-refractivity contribution in [1.82, 2.24) is 10.6 Å². The number of rotatable bonds is 8. The van der Waals surface area contributed by atoms with E-state index in [-0.39, 0.29) is 0 Å². The summed E-state index contributed by atoms with van der Waals surface area (Å²) in [5.74, 6) is 0. The van der Waals surface area contributed by atoms with Crippen molar-refractivity contribution in [1.29, 1.82) is 0 Å². The van der Waals surface area contributed by atoms with Crippen molar-refractivity contribution in [2.24, 2.45) is 0 Å². The summed E-state index contributed by atoms with van der Waals surface area (Å²) in [7, 11) is 0. The lowest BCUT2D eigenvalue weighted by Gasteiger charge is -2.24. The van der Waals surface area contributed by atoms with Gasteiger partial charge in [0.15, 0.2) is 0 Å². The molecular formula is C11H22N2O2. The largest absolute Gasteiger partial charge is 0.468 e. The van der Waals surface area contributed by atoms with Gasteiger partial charge in [-0.15, -0.1) is 0 Å². The van der Waals surface area contributed by atoms with Crippen LogP contribution in [0.1, 0.15) is 32.1 Å². The van der Waals surface area contributed by atoms with Gasteiger partial charge in [0.05, 0.1) is 6.61 Å². The van der Waals surface area contributed by atoms with Crippen molar-refractivity contribution in [3.63, 3.8) is 0 Å². The van der Waals surface area contributed by atoms with Gasteiger partial charge in [0.1, 0.15) is 0 Å². The Morgan fingerprint density at radius 3 is 2.80 bits per heavy atom. The third kappa shape index (κ3) is 6.47. The number of hydrogen-bond acceptors (Lipinski definition) is 4. The molecule has 0 aromatic heterocycles. The molecule has 0 aromatic rings. The van der Waals surface area contributed by atoms with Crippen molar-refractivity contribution in [3.8, 4) is 0 Å². The number of ether oxygens (including phenoxy) is 1. The lowest BCUT2D eigenvalue weighted by Crippen LogP contribution is -2.48. The van der Waals surface area contributed by atoms with Crippen LogP contribution in [0.3, 0.4) is 0 Å². The fraction of sp³-hybridized carbons (Fsp3) is 0.909. The standard InChI is InChI=1S/C11H22N2O2/c14-10-15-8-4-2-1-3-5-11-9-12-6-7-13-11/h10-13H,1-9H2. The van der Waals surface area contributed by atoms with Crippen molar-refractivity contribution in [3.05, 3.63) is 0 Å². The van der Waals surface area contributed by atoms with Gasteiger partial charge < -0.3 is 15.4 Å². The summed E-state index contributed by atoms with van der Waals surface area (Å²) < 4.78 is 4.63. The molecule has 1 fully saturated rings. The zero-order valence-electron chi connectivity index (χ0n) is 9.34. The molecule has 1 aliphatic rings. The summed E-state index contributed by atoms with van der Waals surface area (Å²) in [4.78, 5) is 9.86. The molecule has 88 valence electrons. The molecule has 0 spiro atoms. The highest BCUT2D eigenvalue weighted by molar-refractivity contribution is 5.36. The number of carbonyl (C=O) groups excluding carboxylic acids is 1. The van der Waals surface area contributed by atoms with Crippen LogP contribution in [0.25, 0.3) is 0 Å². The zero-order valence-corrected chi connectivity index (χ0v) is 9.34. The quantitative estimate of drug-likeness (QED) is 0.460. The van der Waals surface area contributed by atoms with Gasteiger partial charge in [-0.25, -0.2) is 0 Å². The second-order valence-corrected chi connectivity index (χ2v) is 4.03. The smallest absolute Gasteiger partial charge is 0.293 e. The number of hydrogen-bond donors (Lipinski definition) is 2. The molecule has 1 unspecified atom stereocenters. The average Bonchev–Trinajstić information content (AvgIpc) is 2.29. The molecule has 4 nitrogen and oxygen atoms in total. The van der Waals surface area contributed by atoms with E-state index < -0.39 is 0 Å². The number of unbranched alkanes of at least 4 members (excludes halogenated alkanes) is 3. The molecule has 0 amide bonds. The van der Waals surface area contributed by atoms with Crippen molar-refractivity contribution in [2.45, 2.75) is 38.1 Å². The van der Waals surface area contributed by atoms with Gasteiger partial charge in [-0.3, -0.25) is 4.79 Å². The van der Waals surface area contributed by atoms with Crippen molar-refractivity contribution >= 4 is 6.47 Å². The first-order valence-corrected chi connectivity index (χ1v) is 5.93. The maximum Gasteiger partial charge on any atom is 0.293 e. The van der Waals surface area contributed by atoms with E-state index in [0.717, 1.165) is 32.5 Å². The molecule has 1 aliphatic heterocycles. The SMILES string of the molecule is O=COCCCCCCC1CNCCN1. The molecule has 4 heteroatoms. The molecule has 1 atom stereocenters. The van der Waals surface area contributed by atoms with Gasteiger partial charge in [-0.2, -0.15) is 0 Å². The van der Waals surface area contributed by atoms with E-state index in [9.17, 15) is 4.79 Å². The molecule has 1 heterocycles. The van der Waals surface area contributed by atoms with Crippen molar-refractivity contribution < 1.29 is 9.53 Å². The lowest BCUT2D eigenvalue weighted by atomic mass is 10.1. The highest BCUT2D eigenvalue weighted by atomic mass is 16.5. The molecule has 0 saturated carbocycles. The number of carbonyl (C=O) groups is 1. The van der Waals surface area contributed by atoms with Crippen LogP contribution >= 0.6 is 0 Å². The molecule has 1 rings (SSSR count). The van der Waals surface area contributed by atoms with Crippen LogP contribution in [0.5, 0.6) is 0 Å². The number of piperazine rings is 1. The van der Waals surface area contributed by atoms with Gasteiger partial charge in [0.25, 0.3) is 6.47 Å². The third-order valence-corrected chi connectivity index (χ3v) is 2.76. The van der Waals surface area contributed by atoms with Crippen LogP contribution in [-0.2, 0) is 9.53 Å². The predicted molar refractivity (Wildman–Crippen MR) is 59.8 cm³/mol. The predicted octanol–water partition coefficient (Wildman–Crippen LogP) is 0.671.